The molecule has 0 bridgehead atoms. The van der Waals surface area contributed by atoms with E-state index in [0.29, 0.717) is 22.9 Å². The van der Waals surface area contributed by atoms with Crippen LogP contribution in [0.25, 0.3) is 0 Å². The summed E-state index contributed by atoms with van der Waals surface area (Å²) < 4.78 is 33.7. The summed E-state index contributed by atoms with van der Waals surface area (Å²) in [4.78, 5) is 14.3. The first-order valence-corrected chi connectivity index (χ1v) is 9.34. The number of amides is 1. The minimum Gasteiger partial charge on any atom is -0.454 e. The number of nitrogens with one attached hydrogen (secondary N) is 1. The van der Waals surface area contributed by atoms with Crippen LogP contribution in [0.4, 0.5) is 11.4 Å². The molecule has 0 radical (unpaired) electrons. The molecule has 1 amide bonds. The van der Waals surface area contributed by atoms with E-state index in [9.17, 15) is 13.2 Å². The van der Waals surface area contributed by atoms with Crippen LogP contribution in [0.15, 0.2) is 35.2 Å². The van der Waals surface area contributed by atoms with Crippen molar-refractivity contribution < 1.29 is 22.7 Å². The molecule has 0 atom stereocenters. The van der Waals surface area contributed by atoms with E-state index in [1.165, 1.54) is 24.3 Å². The Morgan fingerprint density at radius 2 is 1.96 bits per heavy atom. The number of benzene rings is 2. The van der Waals surface area contributed by atoms with Crippen molar-refractivity contribution in [2.75, 3.05) is 31.1 Å². The molecule has 10 heteroatoms. The monoisotopic (exact) mass is 397 g/mol. The second-order valence-corrected chi connectivity index (χ2v) is 7.73. The zero-order chi connectivity index (χ0) is 19.1. The van der Waals surface area contributed by atoms with Gasteiger partial charge in [-0.3, -0.25) is 4.79 Å². The van der Waals surface area contributed by atoms with Crippen LogP contribution in [0.1, 0.15) is 10.4 Å². The molecule has 26 heavy (non-hydrogen) atoms. The van der Waals surface area contributed by atoms with Crippen LogP contribution in [0.3, 0.4) is 0 Å². The van der Waals surface area contributed by atoms with Gasteiger partial charge < -0.3 is 19.7 Å². The zero-order valence-electron chi connectivity index (χ0n) is 13.9. The van der Waals surface area contributed by atoms with E-state index in [2.05, 4.69) is 5.32 Å². The number of halogens is 1. The first kappa shape index (κ1) is 18.3. The summed E-state index contributed by atoms with van der Waals surface area (Å²) in [7, 11) is -0.385. The fourth-order valence-electron chi connectivity index (χ4n) is 2.48. The van der Waals surface area contributed by atoms with Crippen LogP contribution >= 0.6 is 11.6 Å². The van der Waals surface area contributed by atoms with Gasteiger partial charge in [0.2, 0.25) is 16.8 Å². The Bertz CT molecular complexity index is 992. The summed E-state index contributed by atoms with van der Waals surface area (Å²) in [5.41, 5.74) is 1.14. The fraction of sp³-hybridized carbons (Fsp3) is 0.188. The first-order valence-electron chi connectivity index (χ1n) is 7.41. The number of hydrogen-bond donors (Lipinski definition) is 2. The zero-order valence-corrected chi connectivity index (χ0v) is 15.5. The molecule has 0 spiro atoms. The van der Waals surface area contributed by atoms with Gasteiger partial charge in [0, 0.05) is 19.7 Å². The van der Waals surface area contributed by atoms with E-state index < -0.39 is 15.9 Å². The van der Waals surface area contributed by atoms with E-state index in [4.69, 9.17) is 26.2 Å². The number of fused-ring (bicyclic) bond motifs is 1. The Morgan fingerprint density at radius 1 is 1.23 bits per heavy atom. The van der Waals surface area contributed by atoms with Crippen molar-refractivity contribution in [3.63, 3.8) is 0 Å². The highest BCUT2D eigenvalue weighted by molar-refractivity contribution is 7.89. The number of ether oxygens (including phenoxy) is 2. The van der Waals surface area contributed by atoms with Gasteiger partial charge in [-0.05, 0) is 30.3 Å². The van der Waals surface area contributed by atoms with Crippen LogP contribution in [-0.2, 0) is 10.0 Å². The third-order valence-electron chi connectivity index (χ3n) is 3.72. The van der Waals surface area contributed by atoms with Crippen LogP contribution in [-0.4, -0.2) is 35.2 Å². The van der Waals surface area contributed by atoms with Crippen molar-refractivity contribution in [1.82, 2.24) is 0 Å². The van der Waals surface area contributed by atoms with Gasteiger partial charge in [0.1, 0.15) is 0 Å². The van der Waals surface area contributed by atoms with Gasteiger partial charge in [-0.2, -0.15) is 0 Å². The summed E-state index contributed by atoms with van der Waals surface area (Å²) in [5, 5.41) is 8.10. The average molecular weight is 398 g/mol. The van der Waals surface area contributed by atoms with Gasteiger partial charge in [-0.1, -0.05) is 11.6 Å². The van der Waals surface area contributed by atoms with E-state index in [1.54, 1.807) is 25.1 Å². The molecule has 1 aliphatic rings. The lowest BCUT2D eigenvalue weighted by Gasteiger charge is -2.19. The lowest BCUT2D eigenvalue weighted by Crippen LogP contribution is -2.18. The van der Waals surface area contributed by atoms with Crippen LogP contribution in [0, 0.1) is 0 Å². The molecule has 0 saturated carbocycles. The third kappa shape index (κ3) is 3.55. The number of carbonyl (C=O) groups is 1. The Morgan fingerprint density at radius 3 is 2.62 bits per heavy atom. The molecular formula is C16H16ClN3O5S. The Labute approximate surface area is 155 Å². The van der Waals surface area contributed by atoms with Crippen molar-refractivity contribution in [2.45, 2.75) is 4.90 Å². The number of nitrogens with zero attached hydrogens (tertiary/aromatic N) is 1. The summed E-state index contributed by atoms with van der Waals surface area (Å²) in [6.07, 6.45) is 0. The van der Waals surface area contributed by atoms with Crippen molar-refractivity contribution in [3.8, 4) is 11.5 Å². The molecule has 0 unspecified atom stereocenters. The Balaban J connectivity index is 1.97. The minimum absolute atomic E-state index is 0.0291. The van der Waals surface area contributed by atoms with Gasteiger partial charge in [0.25, 0.3) is 5.91 Å². The largest absolute Gasteiger partial charge is 0.454 e. The maximum Gasteiger partial charge on any atom is 0.255 e. The van der Waals surface area contributed by atoms with Gasteiger partial charge in [0.05, 0.1) is 21.3 Å². The molecule has 0 fully saturated rings. The number of hydrogen-bond acceptors (Lipinski definition) is 6. The SMILES string of the molecule is CN(C)c1ccc(S(N)(=O)=O)cc1NC(=O)c1cc(Cl)c2c(c1)OCO2. The van der Waals surface area contributed by atoms with Crippen molar-refractivity contribution in [2.24, 2.45) is 5.14 Å². The number of carbonyl (C=O) groups excluding carboxylic acids is 1. The molecule has 3 N–H and O–H groups in total. The highest BCUT2D eigenvalue weighted by atomic mass is 35.5. The van der Waals surface area contributed by atoms with E-state index >= 15 is 0 Å². The number of sulfonamides is 1. The van der Waals surface area contributed by atoms with Crippen LogP contribution in [0.5, 0.6) is 11.5 Å². The van der Waals surface area contributed by atoms with Crippen LogP contribution in [0.2, 0.25) is 5.02 Å². The summed E-state index contributed by atoms with van der Waals surface area (Å²) in [5.74, 6) is 0.266. The van der Waals surface area contributed by atoms with E-state index in [-0.39, 0.29) is 22.3 Å². The predicted octanol–water partition coefficient (Wildman–Crippen LogP) is 2.03. The predicted molar refractivity (Wildman–Crippen MR) is 97.7 cm³/mol. The number of primary sulfonamides is 1. The molecule has 2 aromatic carbocycles. The third-order valence-corrected chi connectivity index (χ3v) is 4.91. The summed E-state index contributed by atoms with van der Waals surface area (Å²) in [6.45, 7) is 0.0291. The second kappa shape index (κ2) is 6.67. The molecule has 0 aliphatic carbocycles. The maximum absolute atomic E-state index is 12.6. The molecule has 0 saturated heterocycles. The van der Waals surface area contributed by atoms with Gasteiger partial charge in [-0.15, -0.1) is 0 Å². The van der Waals surface area contributed by atoms with Crippen molar-refractivity contribution in [1.29, 1.82) is 0 Å². The topological polar surface area (TPSA) is 111 Å². The van der Waals surface area contributed by atoms with Crippen LogP contribution < -0.4 is 24.8 Å². The minimum atomic E-state index is -3.91. The van der Waals surface area contributed by atoms with Gasteiger partial charge in [-0.25, -0.2) is 13.6 Å². The molecule has 1 aliphatic heterocycles. The molecular weight excluding hydrogens is 382 g/mol. The van der Waals surface area contributed by atoms with Crippen molar-refractivity contribution >= 4 is 38.9 Å². The number of nitrogens with two attached hydrogens (primary N) is 1. The lowest BCUT2D eigenvalue weighted by atomic mass is 10.1. The number of anilines is 2. The smallest absolute Gasteiger partial charge is 0.255 e. The summed E-state index contributed by atoms with van der Waals surface area (Å²) in [6, 6.07) is 7.18. The highest BCUT2D eigenvalue weighted by Crippen LogP contribution is 2.40. The van der Waals surface area contributed by atoms with Crippen molar-refractivity contribution in [3.05, 3.63) is 40.9 Å². The molecule has 2 aromatic rings. The molecule has 0 aromatic heterocycles. The second-order valence-electron chi connectivity index (χ2n) is 5.76. The van der Waals surface area contributed by atoms with Gasteiger partial charge in [0.15, 0.2) is 11.5 Å². The maximum atomic E-state index is 12.6. The Hall–Kier alpha value is -2.49. The van der Waals surface area contributed by atoms with Gasteiger partial charge >= 0.3 is 0 Å². The molecule has 3 rings (SSSR count). The molecule has 8 nitrogen and oxygen atoms in total. The lowest BCUT2D eigenvalue weighted by molar-refractivity contribution is 0.102. The van der Waals surface area contributed by atoms with E-state index in [1.807, 2.05) is 0 Å². The standard InChI is InChI=1S/C16H16ClN3O5S/c1-20(2)13-4-3-10(26(18,22)23)7-12(13)19-16(21)9-5-11(17)15-14(6-9)24-8-25-15/h3-7H,8H2,1-2H3,(H,19,21)(H2,18,22,23). The normalized spacial score (nSPS) is 12.8. The number of rotatable bonds is 4. The fourth-order valence-corrected chi connectivity index (χ4v) is 3.28. The molecule has 138 valence electrons. The van der Waals surface area contributed by atoms with E-state index in [0.717, 1.165) is 0 Å². The quantitative estimate of drug-likeness (QED) is 0.816. The Kier molecular flexibility index (Phi) is 4.70. The summed E-state index contributed by atoms with van der Waals surface area (Å²) >= 11 is 6.10. The molecule has 1 heterocycles. The average Bonchev–Trinajstić information content (AvgIpc) is 3.02. The highest BCUT2D eigenvalue weighted by Gasteiger charge is 2.22. The first-order chi connectivity index (χ1) is 12.2.